The van der Waals surface area contributed by atoms with E-state index in [0.29, 0.717) is 0 Å². The summed E-state index contributed by atoms with van der Waals surface area (Å²) in [5, 5.41) is 0. The van der Waals surface area contributed by atoms with Crippen molar-refractivity contribution in [3.05, 3.63) is 11.6 Å². The van der Waals surface area contributed by atoms with Gasteiger partial charge in [0.05, 0.1) is 11.8 Å². The molecule has 0 spiro atoms. The monoisotopic (exact) mass is 236 g/mol. The van der Waals surface area contributed by atoms with E-state index in [1.165, 1.54) is 5.57 Å². The third-order valence-electron chi connectivity index (χ3n) is 3.79. The van der Waals surface area contributed by atoms with E-state index < -0.39 is 0 Å². The number of hydrogen-bond donors (Lipinski definition) is 0. The average molecular weight is 236 g/mol. The number of rotatable bonds is 3. The van der Waals surface area contributed by atoms with E-state index in [1.807, 2.05) is 27.7 Å². The smallest absolute Gasteiger partial charge is 0.317 e. The quantitative estimate of drug-likeness (QED) is 0.430. The fourth-order valence-corrected chi connectivity index (χ4v) is 2.36. The number of ether oxygens (including phenoxy) is 1. The maximum Gasteiger partial charge on any atom is 0.317 e. The Kier molecular flexibility index (Phi) is 2.88. The van der Waals surface area contributed by atoms with Gasteiger partial charge in [-0.25, -0.2) is 0 Å². The zero-order chi connectivity index (χ0) is 12.8. The Balaban J connectivity index is 1.96. The van der Waals surface area contributed by atoms with Crippen LogP contribution in [0.3, 0.4) is 0 Å². The van der Waals surface area contributed by atoms with Gasteiger partial charge >= 0.3 is 11.9 Å². The number of allylic oxidation sites excluding steroid dienone is 2. The third-order valence-corrected chi connectivity index (χ3v) is 3.79. The van der Waals surface area contributed by atoms with Crippen LogP contribution in [0.5, 0.6) is 0 Å². The third kappa shape index (κ3) is 2.43. The second-order valence-corrected chi connectivity index (χ2v) is 6.08. The molecule has 94 valence electrons. The predicted octanol–water partition coefficient (Wildman–Crippen LogP) is 2.70. The Bertz CT molecular complexity index is 384. The summed E-state index contributed by atoms with van der Waals surface area (Å²) in [7, 11) is 0. The summed E-state index contributed by atoms with van der Waals surface area (Å²) in [6.07, 6.45) is 3.85. The lowest BCUT2D eigenvalue weighted by molar-refractivity contribution is -0.162. The molecule has 0 amide bonds. The Labute approximate surface area is 102 Å². The van der Waals surface area contributed by atoms with Crippen LogP contribution < -0.4 is 0 Å². The fourth-order valence-electron chi connectivity index (χ4n) is 2.36. The van der Waals surface area contributed by atoms with Gasteiger partial charge in [-0.2, -0.15) is 0 Å². The van der Waals surface area contributed by atoms with Crippen LogP contribution in [0.25, 0.3) is 0 Å². The van der Waals surface area contributed by atoms with Gasteiger partial charge < -0.3 is 4.74 Å². The second kappa shape index (κ2) is 3.97. The molecular weight excluding hydrogens is 216 g/mol. The molecule has 0 bridgehead atoms. The minimum Gasteiger partial charge on any atom is -0.393 e. The lowest BCUT2D eigenvalue weighted by atomic mass is 10.1. The lowest BCUT2D eigenvalue weighted by Gasteiger charge is -2.02. The van der Waals surface area contributed by atoms with E-state index in [1.54, 1.807) is 0 Å². The largest absolute Gasteiger partial charge is 0.393 e. The Morgan fingerprint density at radius 3 is 2.24 bits per heavy atom. The van der Waals surface area contributed by atoms with Crippen molar-refractivity contribution in [3.8, 4) is 0 Å². The molecule has 0 aromatic heterocycles. The Hall–Kier alpha value is -1.12. The standard InChI is InChI=1S/C14H20O3/c1-8(2)7-10-11(14(10,3)4)13(16)17-12(15)9-5-6-9/h7,9-11H,5-6H2,1-4H3. The van der Waals surface area contributed by atoms with Gasteiger partial charge in [-0.05, 0) is 38.0 Å². The fraction of sp³-hybridized carbons (Fsp3) is 0.714. The molecule has 0 aromatic carbocycles. The first-order chi connectivity index (χ1) is 7.84. The second-order valence-electron chi connectivity index (χ2n) is 6.08. The van der Waals surface area contributed by atoms with Crippen LogP contribution in [0.2, 0.25) is 0 Å². The first kappa shape index (κ1) is 12.3. The molecule has 3 nitrogen and oxygen atoms in total. The summed E-state index contributed by atoms with van der Waals surface area (Å²) in [6, 6.07) is 0. The van der Waals surface area contributed by atoms with Crippen LogP contribution >= 0.6 is 0 Å². The van der Waals surface area contributed by atoms with E-state index in [9.17, 15) is 9.59 Å². The van der Waals surface area contributed by atoms with Crippen molar-refractivity contribution >= 4 is 11.9 Å². The zero-order valence-electron chi connectivity index (χ0n) is 10.9. The van der Waals surface area contributed by atoms with Crippen LogP contribution in [0.15, 0.2) is 11.6 Å². The van der Waals surface area contributed by atoms with Gasteiger partial charge in [-0.15, -0.1) is 0 Å². The van der Waals surface area contributed by atoms with E-state index in [4.69, 9.17) is 4.74 Å². The first-order valence-electron chi connectivity index (χ1n) is 6.24. The van der Waals surface area contributed by atoms with Crippen LogP contribution in [-0.2, 0) is 14.3 Å². The van der Waals surface area contributed by atoms with Crippen LogP contribution in [0, 0.1) is 23.2 Å². The van der Waals surface area contributed by atoms with Crippen molar-refractivity contribution in [2.24, 2.45) is 23.2 Å². The maximum atomic E-state index is 11.9. The van der Waals surface area contributed by atoms with Crippen LogP contribution in [-0.4, -0.2) is 11.9 Å². The summed E-state index contributed by atoms with van der Waals surface area (Å²) in [5.74, 6) is -0.613. The molecule has 2 aliphatic rings. The number of hydrogen-bond acceptors (Lipinski definition) is 3. The highest BCUT2D eigenvalue weighted by Gasteiger charge is 2.61. The van der Waals surface area contributed by atoms with Crippen molar-refractivity contribution in [1.82, 2.24) is 0 Å². The minimum atomic E-state index is -0.339. The molecule has 0 heterocycles. The summed E-state index contributed by atoms with van der Waals surface area (Å²) in [6.45, 7) is 8.13. The normalized spacial score (nSPS) is 29.4. The van der Waals surface area contributed by atoms with Gasteiger partial charge in [0, 0.05) is 0 Å². The van der Waals surface area contributed by atoms with Gasteiger partial charge in [0.25, 0.3) is 0 Å². The summed E-state index contributed by atoms with van der Waals surface area (Å²) >= 11 is 0. The van der Waals surface area contributed by atoms with Crippen molar-refractivity contribution in [2.75, 3.05) is 0 Å². The minimum absolute atomic E-state index is 0.0114. The molecule has 2 atom stereocenters. The highest BCUT2D eigenvalue weighted by Crippen LogP contribution is 2.59. The molecule has 3 heteroatoms. The first-order valence-corrected chi connectivity index (χ1v) is 6.24. The van der Waals surface area contributed by atoms with Gasteiger partial charge in [0.15, 0.2) is 0 Å². The van der Waals surface area contributed by atoms with E-state index in [0.717, 1.165) is 12.8 Å². The van der Waals surface area contributed by atoms with Crippen LogP contribution in [0.4, 0.5) is 0 Å². The predicted molar refractivity (Wildman–Crippen MR) is 64.0 cm³/mol. The molecule has 2 rings (SSSR count). The van der Waals surface area contributed by atoms with E-state index in [2.05, 4.69) is 6.08 Å². The molecule has 17 heavy (non-hydrogen) atoms. The molecule has 2 saturated carbocycles. The SMILES string of the molecule is CC(C)=CC1C(C(=O)OC(=O)C2CC2)C1(C)C. The van der Waals surface area contributed by atoms with Crippen LogP contribution in [0.1, 0.15) is 40.5 Å². The van der Waals surface area contributed by atoms with E-state index in [-0.39, 0.29) is 35.1 Å². The van der Waals surface area contributed by atoms with Crippen molar-refractivity contribution in [2.45, 2.75) is 40.5 Å². The summed E-state index contributed by atoms with van der Waals surface area (Å²) < 4.78 is 4.94. The summed E-state index contributed by atoms with van der Waals surface area (Å²) in [4.78, 5) is 23.3. The number of esters is 2. The Morgan fingerprint density at radius 2 is 1.76 bits per heavy atom. The van der Waals surface area contributed by atoms with Crippen molar-refractivity contribution in [3.63, 3.8) is 0 Å². The molecule has 0 aliphatic heterocycles. The van der Waals surface area contributed by atoms with Gasteiger partial charge in [-0.1, -0.05) is 25.5 Å². The highest BCUT2D eigenvalue weighted by atomic mass is 16.6. The van der Waals surface area contributed by atoms with E-state index >= 15 is 0 Å². The summed E-state index contributed by atoms with van der Waals surface area (Å²) in [5.41, 5.74) is 1.13. The van der Waals surface area contributed by atoms with Crippen molar-refractivity contribution < 1.29 is 14.3 Å². The molecule has 2 aliphatic carbocycles. The molecule has 0 saturated heterocycles. The molecule has 2 fully saturated rings. The van der Waals surface area contributed by atoms with Crippen molar-refractivity contribution in [1.29, 1.82) is 0 Å². The Morgan fingerprint density at radius 1 is 1.18 bits per heavy atom. The zero-order valence-corrected chi connectivity index (χ0v) is 10.9. The van der Waals surface area contributed by atoms with Gasteiger partial charge in [-0.3, -0.25) is 9.59 Å². The topological polar surface area (TPSA) is 43.4 Å². The van der Waals surface area contributed by atoms with Gasteiger partial charge in [0.2, 0.25) is 0 Å². The molecular formula is C14H20O3. The average Bonchev–Trinajstić information content (AvgIpc) is 3.03. The molecule has 0 aromatic rings. The number of carbonyl (C=O) groups is 2. The lowest BCUT2D eigenvalue weighted by Crippen LogP contribution is -2.17. The molecule has 0 N–H and O–H groups in total. The molecule has 0 radical (unpaired) electrons. The van der Waals surface area contributed by atoms with Gasteiger partial charge in [0.1, 0.15) is 0 Å². The molecule has 2 unspecified atom stereocenters. The number of carbonyl (C=O) groups excluding carboxylic acids is 2. The maximum absolute atomic E-state index is 11.9. The highest BCUT2D eigenvalue weighted by molar-refractivity contribution is 5.91.